The van der Waals surface area contributed by atoms with Crippen molar-refractivity contribution in [3.05, 3.63) is 30.1 Å². The van der Waals surface area contributed by atoms with Crippen LogP contribution in [0.1, 0.15) is 25.8 Å². The number of nitrogens with one attached hydrogen (secondary N) is 2. The molecule has 0 spiro atoms. The van der Waals surface area contributed by atoms with Crippen LogP contribution < -0.4 is 10.6 Å². The molecule has 24 heavy (non-hydrogen) atoms. The summed E-state index contributed by atoms with van der Waals surface area (Å²) in [7, 11) is 1.83. The third-order valence-electron chi connectivity index (χ3n) is 3.29. The molecule has 126 valence electrons. The van der Waals surface area contributed by atoms with Gasteiger partial charge in [-0.15, -0.1) is 10.2 Å². The predicted octanol–water partition coefficient (Wildman–Crippen LogP) is 2.63. The zero-order valence-electron chi connectivity index (χ0n) is 13.9. The Morgan fingerprint density at radius 1 is 1.46 bits per heavy atom. The van der Waals surface area contributed by atoms with E-state index >= 15 is 0 Å². The highest BCUT2D eigenvalue weighted by Crippen LogP contribution is 2.26. The van der Waals surface area contributed by atoms with Gasteiger partial charge in [0, 0.05) is 13.6 Å². The minimum atomic E-state index is -0.349. The van der Waals surface area contributed by atoms with Crippen LogP contribution in [-0.2, 0) is 11.8 Å². The highest BCUT2D eigenvalue weighted by Gasteiger charge is 2.18. The number of thioether (sulfide) groups is 1. The van der Waals surface area contributed by atoms with Gasteiger partial charge in [-0.25, -0.2) is 0 Å². The van der Waals surface area contributed by atoms with E-state index in [0.717, 1.165) is 18.7 Å². The number of aryl methyl sites for hydroxylation is 1. The van der Waals surface area contributed by atoms with E-state index in [1.807, 2.05) is 20.0 Å². The molecular weight excluding hydrogens is 324 g/mol. The van der Waals surface area contributed by atoms with Crippen molar-refractivity contribution < 1.29 is 4.79 Å². The fraction of sp³-hybridized carbons (Fsp3) is 0.375. The Balaban J connectivity index is 2.11. The van der Waals surface area contributed by atoms with Crippen LogP contribution in [0, 0.1) is 11.3 Å². The van der Waals surface area contributed by atoms with Crippen LogP contribution in [0.2, 0.25) is 0 Å². The summed E-state index contributed by atoms with van der Waals surface area (Å²) in [5.74, 6) is -0.155. The molecule has 2 N–H and O–H groups in total. The highest BCUT2D eigenvalue weighted by atomic mass is 32.2. The molecule has 1 aromatic heterocycles. The Hall–Kier alpha value is -2.53. The third kappa shape index (κ3) is 4.49. The molecule has 0 aliphatic carbocycles. The summed E-state index contributed by atoms with van der Waals surface area (Å²) in [6.07, 6.45) is 2.56. The predicted molar refractivity (Wildman–Crippen MR) is 94.9 cm³/mol. The summed E-state index contributed by atoms with van der Waals surface area (Å²) in [5, 5.41) is 23.3. The zero-order valence-corrected chi connectivity index (χ0v) is 14.7. The van der Waals surface area contributed by atoms with E-state index in [2.05, 4.69) is 33.8 Å². The van der Waals surface area contributed by atoms with E-state index in [1.165, 1.54) is 11.8 Å². The number of amides is 1. The Morgan fingerprint density at radius 2 is 2.25 bits per heavy atom. The highest BCUT2D eigenvalue weighted by molar-refractivity contribution is 8.00. The second-order valence-electron chi connectivity index (χ2n) is 5.27. The molecule has 1 aromatic carbocycles. The summed E-state index contributed by atoms with van der Waals surface area (Å²) in [6, 6.07) is 7.30. The number of hydrogen-bond acceptors (Lipinski definition) is 6. The van der Waals surface area contributed by atoms with Crippen molar-refractivity contribution >= 4 is 29.0 Å². The van der Waals surface area contributed by atoms with Gasteiger partial charge in [0.05, 0.1) is 28.3 Å². The summed E-state index contributed by atoms with van der Waals surface area (Å²) < 4.78 is 1.76. The molecule has 0 aliphatic heterocycles. The molecule has 1 heterocycles. The van der Waals surface area contributed by atoms with Crippen molar-refractivity contribution in [2.24, 2.45) is 7.05 Å². The number of rotatable bonds is 7. The Labute approximate surface area is 145 Å². The van der Waals surface area contributed by atoms with Crippen LogP contribution in [0.3, 0.4) is 0 Å². The Morgan fingerprint density at radius 3 is 2.88 bits per heavy atom. The van der Waals surface area contributed by atoms with Crippen molar-refractivity contribution in [1.29, 1.82) is 5.26 Å². The first-order valence-corrected chi connectivity index (χ1v) is 8.52. The normalized spacial score (nSPS) is 11.6. The van der Waals surface area contributed by atoms with Crippen LogP contribution >= 0.6 is 11.8 Å². The number of anilines is 2. The molecular formula is C16H20N6OS. The minimum Gasteiger partial charge on any atom is -0.383 e. The van der Waals surface area contributed by atoms with Gasteiger partial charge in [0.15, 0.2) is 5.16 Å². The lowest BCUT2D eigenvalue weighted by atomic mass is 10.1. The van der Waals surface area contributed by atoms with Gasteiger partial charge in [-0.05, 0) is 31.5 Å². The Kier molecular flexibility index (Phi) is 6.21. The van der Waals surface area contributed by atoms with Gasteiger partial charge in [-0.2, -0.15) is 5.26 Å². The smallest absolute Gasteiger partial charge is 0.237 e. The molecule has 0 saturated heterocycles. The van der Waals surface area contributed by atoms with Crippen molar-refractivity contribution in [2.75, 3.05) is 17.2 Å². The minimum absolute atomic E-state index is 0.155. The van der Waals surface area contributed by atoms with E-state index in [1.54, 1.807) is 23.0 Å². The monoisotopic (exact) mass is 344 g/mol. The number of nitrogens with zero attached hydrogens (tertiary/aromatic N) is 4. The third-order valence-corrected chi connectivity index (χ3v) is 4.44. The maximum absolute atomic E-state index is 12.5. The zero-order chi connectivity index (χ0) is 17.5. The topological polar surface area (TPSA) is 95.6 Å². The largest absolute Gasteiger partial charge is 0.383 e. The first kappa shape index (κ1) is 17.8. The number of benzene rings is 1. The van der Waals surface area contributed by atoms with Gasteiger partial charge >= 0.3 is 0 Å². The van der Waals surface area contributed by atoms with Crippen LogP contribution in [0.4, 0.5) is 11.4 Å². The van der Waals surface area contributed by atoms with E-state index < -0.39 is 0 Å². The molecule has 8 heteroatoms. The molecule has 1 atom stereocenters. The summed E-state index contributed by atoms with van der Waals surface area (Å²) in [5.41, 5.74) is 1.92. The number of carbonyl (C=O) groups is 1. The average Bonchev–Trinajstić information content (AvgIpc) is 2.98. The molecule has 2 rings (SSSR count). The fourth-order valence-corrected chi connectivity index (χ4v) is 2.75. The second kappa shape index (κ2) is 8.36. The van der Waals surface area contributed by atoms with Gasteiger partial charge in [0.1, 0.15) is 6.33 Å². The maximum Gasteiger partial charge on any atom is 0.237 e. The molecule has 1 unspecified atom stereocenters. The first-order valence-electron chi connectivity index (χ1n) is 7.64. The average molecular weight is 344 g/mol. The van der Waals surface area contributed by atoms with E-state index in [0.29, 0.717) is 16.4 Å². The number of carbonyl (C=O) groups excluding carboxylic acids is 1. The number of nitriles is 1. The van der Waals surface area contributed by atoms with Crippen LogP contribution in [0.15, 0.2) is 29.7 Å². The van der Waals surface area contributed by atoms with E-state index in [9.17, 15) is 4.79 Å². The van der Waals surface area contributed by atoms with E-state index in [-0.39, 0.29) is 11.2 Å². The molecule has 2 aromatic rings. The molecule has 7 nitrogen and oxygen atoms in total. The molecule has 0 radical (unpaired) electrons. The quantitative estimate of drug-likeness (QED) is 0.750. The van der Waals surface area contributed by atoms with Crippen LogP contribution in [-0.4, -0.2) is 32.5 Å². The SMILES string of the molecule is CCCNc1ccc(C#N)cc1NC(=O)C(C)Sc1nncn1C. The van der Waals surface area contributed by atoms with Crippen molar-refractivity contribution in [3.63, 3.8) is 0 Å². The second-order valence-corrected chi connectivity index (χ2v) is 6.58. The molecule has 0 fully saturated rings. The van der Waals surface area contributed by atoms with Gasteiger partial charge < -0.3 is 15.2 Å². The number of aromatic nitrogens is 3. The van der Waals surface area contributed by atoms with Crippen molar-refractivity contribution in [1.82, 2.24) is 14.8 Å². The fourth-order valence-electron chi connectivity index (χ4n) is 1.96. The lowest BCUT2D eigenvalue weighted by Gasteiger charge is -2.15. The maximum atomic E-state index is 12.5. The molecule has 0 saturated carbocycles. The van der Waals surface area contributed by atoms with E-state index in [4.69, 9.17) is 5.26 Å². The summed E-state index contributed by atoms with van der Waals surface area (Å²) >= 11 is 1.33. The van der Waals surface area contributed by atoms with Gasteiger partial charge in [-0.3, -0.25) is 4.79 Å². The van der Waals surface area contributed by atoms with Gasteiger partial charge in [-0.1, -0.05) is 18.7 Å². The van der Waals surface area contributed by atoms with Gasteiger partial charge in [0.25, 0.3) is 0 Å². The first-order chi connectivity index (χ1) is 11.5. The summed E-state index contributed by atoms with van der Waals surface area (Å²) in [6.45, 7) is 4.66. The molecule has 1 amide bonds. The van der Waals surface area contributed by atoms with Crippen molar-refractivity contribution in [2.45, 2.75) is 30.7 Å². The van der Waals surface area contributed by atoms with Crippen LogP contribution in [0.5, 0.6) is 0 Å². The Bertz CT molecular complexity index is 751. The lowest BCUT2D eigenvalue weighted by molar-refractivity contribution is -0.115. The lowest BCUT2D eigenvalue weighted by Crippen LogP contribution is -2.23. The summed E-state index contributed by atoms with van der Waals surface area (Å²) in [4.78, 5) is 12.5. The molecule has 0 aliphatic rings. The molecule has 0 bridgehead atoms. The van der Waals surface area contributed by atoms with Crippen LogP contribution in [0.25, 0.3) is 0 Å². The van der Waals surface area contributed by atoms with Gasteiger partial charge in [0.2, 0.25) is 5.91 Å². The standard InChI is InChI=1S/C16H20N6OS/c1-4-7-18-13-6-5-12(9-17)8-14(13)20-15(23)11(2)24-16-21-19-10-22(16)3/h5-6,8,10-11,18H,4,7H2,1-3H3,(H,20,23). The van der Waals surface area contributed by atoms with Crippen molar-refractivity contribution in [3.8, 4) is 6.07 Å². The number of hydrogen-bond donors (Lipinski definition) is 2.